The summed E-state index contributed by atoms with van der Waals surface area (Å²) in [5.41, 5.74) is 2.28. The summed E-state index contributed by atoms with van der Waals surface area (Å²) in [5, 5.41) is 7.86. The number of hydrogen-bond donors (Lipinski definition) is 0. The van der Waals surface area contributed by atoms with E-state index in [-0.39, 0.29) is 17.8 Å². The predicted molar refractivity (Wildman–Crippen MR) is 107 cm³/mol. The van der Waals surface area contributed by atoms with E-state index >= 15 is 0 Å². The topological polar surface area (TPSA) is 62.5 Å². The van der Waals surface area contributed by atoms with Gasteiger partial charge in [0.25, 0.3) is 5.91 Å². The van der Waals surface area contributed by atoms with Crippen LogP contribution >= 0.6 is 0 Å². The fraction of sp³-hybridized carbons (Fsp3) is 0.318. The first-order valence-corrected chi connectivity index (χ1v) is 9.70. The number of hydrogen-bond acceptors (Lipinski definition) is 5. The molecule has 1 amide bonds. The molecule has 150 valence electrons. The molecule has 1 aromatic heterocycles. The highest BCUT2D eigenvalue weighted by atomic mass is 19.1. The molecule has 29 heavy (non-hydrogen) atoms. The van der Waals surface area contributed by atoms with Crippen molar-refractivity contribution in [2.75, 3.05) is 26.2 Å². The SMILES string of the molecule is Cc1nnc(-c2cccc(C(=O)N3CCN(C(C)c4cccc(F)c4)CC3)c2)o1. The van der Waals surface area contributed by atoms with E-state index in [4.69, 9.17) is 4.42 Å². The molecular formula is C22H23FN4O2. The summed E-state index contributed by atoms with van der Waals surface area (Å²) in [7, 11) is 0. The lowest BCUT2D eigenvalue weighted by molar-refractivity contribution is 0.0582. The van der Waals surface area contributed by atoms with Crippen molar-refractivity contribution in [3.8, 4) is 11.5 Å². The molecule has 2 heterocycles. The Balaban J connectivity index is 1.41. The fourth-order valence-electron chi connectivity index (χ4n) is 3.67. The van der Waals surface area contributed by atoms with E-state index in [2.05, 4.69) is 22.0 Å². The van der Waals surface area contributed by atoms with E-state index in [0.29, 0.717) is 30.4 Å². The van der Waals surface area contributed by atoms with Gasteiger partial charge < -0.3 is 9.32 Å². The molecule has 7 heteroatoms. The second kappa shape index (κ2) is 8.13. The van der Waals surface area contributed by atoms with Crippen LogP contribution in [0.15, 0.2) is 52.9 Å². The Bertz CT molecular complexity index is 1010. The number of rotatable bonds is 4. The summed E-state index contributed by atoms with van der Waals surface area (Å²) in [6.45, 7) is 6.54. The maximum atomic E-state index is 13.5. The molecule has 0 bridgehead atoms. The second-order valence-electron chi connectivity index (χ2n) is 7.27. The number of piperazine rings is 1. The number of carbonyl (C=O) groups excluding carboxylic acids is 1. The summed E-state index contributed by atoms with van der Waals surface area (Å²) >= 11 is 0. The molecule has 1 atom stereocenters. The smallest absolute Gasteiger partial charge is 0.253 e. The normalized spacial score (nSPS) is 16.0. The van der Waals surface area contributed by atoms with Crippen molar-refractivity contribution in [3.05, 3.63) is 71.4 Å². The van der Waals surface area contributed by atoms with Crippen LogP contribution in [0, 0.1) is 12.7 Å². The lowest BCUT2D eigenvalue weighted by Crippen LogP contribution is -2.49. The van der Waals surface area contributed by atoms with Crippen LogP contribution in [0.5, 0.6) is 0 Å². The molecule has 2 aromatic carbocycles. The molecule has 1 aliphatic heterocycles. The maximum Gasteiger partial charge on any atom is 0.253 e. The van der Waals surface area contributed by atoms with Crippen LogP contribution in [0.2, 0.25) is 0 Å². The molecule has 0 saturated carbocycles. The third-order valence-corrected chi connectivity index (χ3v) is 5.36. The standard InChI is InChI=1S/C22H23FN4O2/c1-15(17-5-4-8-20(23)14-17)26-9-11-27(12-10-26)22(28)19-7-3-6-18(13-19)21-25-24-16(2)29-21/h3-8,13-15H,9-12H2,1-2H3. The fourth-order valence-corrected chi connectivity index (χ4v) is 3.67. The average molecular weight is 394 g/mol. The van der Waals surface area contributed by atoms with Crippen molar-refractivity contribution < 1.29 is 13.6 Å². The largest absolute Gasteiger partial charge is 0.421 e. The molecule has 0 radical (unpaired) electrons. The Hall–Kier alpha value is -3.06. The number of amides is 1. The summed E-state index contributed by atoms with van der Waals surface area (Å²) in [5.74, 6) is 0.659. The van der Waals surface area contributed by atoms with Gasteiger partial charge in [-0.05, 0) is 42.8 Å². The Morgan fingerprint density at radius 1 is 1.07 bits per heavy atom. The minimum absolute atomic E-state index is 0.0128. The molecule has 1 saturated heterocycles. The van der Waals surface area contributed by atoms with Gasteiger partial charge in [-0.1, -0.05) is 18.2 Å². The number of aryl methyl sites for hydroxylation is 1. The molecule has 4 rings (SSSR count). The zero-order valence-electron chi connectivity index (χ0n) is 16.5. The summed E-state index contributed by atoms with van der Waals surface area (Å²) in [6, 6.07) is 14.1. The highest BCUT2D eigenvalue weighted by molar-refractivity contribution is 5.95. The third-order valence-electron chi connectivity index (χ3n) is 5.36. The molecule has 3 aromatic rings. The zero-order valence-corrected chi connectivity index (χ0v) is 16.5. The van der Waals surface area contributed by atoms with Crippen molar-refractivity contribution in [3.63, 3.8) is 0 Å². The van der Waals surface area contributed by atoms with Crippen molar-refractivity contribution in [2.24, 2.45) is 0 Å². The average Bonchev–Trinajstić information content (AvgIpc) is 3.19. The van der Waals surface area contributed by atoms with E-state index in [9.17, 15) is 9.18 Å². The van der Waals surface area contributed by atoms with E-state index in [0.717, 1.165) is 24.2 Å². The van der Waals surface area contributed by atoms with Gasteiger partial charge in [0, 0.05) is 50.3 Å². The minimum Gasteiger partial charge on any atom is -0.421 e. The predicted octanol–water partition coefficient (Wildman–Crippen LogP) is 3.70. The number of carbonyl (C=O) groups is 1. The van der Waals surface area contributed by atoms with Gasteiger partial charge in [0.05, 0.1) is 0 Å². The molecule has 6 nitrogen and oxygen atoms in total. The third kappa shape index (κ3) is 4.19. The number of nitrogens with zero attached hydrogens (tertiary/aromatic N) is 4. The van der Waals surface area contributed by atoms with Crippen molar-refractivity contribution in [1.82, 2.24) is 20.0 Å². The van der Waals surface area contributed by atoms with Crippen LogP contribution in [-0.4, -0.2) is 52.1 Å². The molecule has 0 N–H and O–H groups in total. The zero-order chi connectivity index (χ0) is 20.4. The van der Waals surface area contributed by atoms with Gasteiger partial charge in [-0.25, -0.2) is 4.39 Å². The highest BCUT2D eigenvalue weighted by Gasteiger charge is 2.26. The van der Waals surface area contributed by atoms with Crippen LogP contribution in [-0.2, 0) is 0 Å². The Morgan fingerprint density at radius 2 is 1.83 bits per heavy atom. The highest BCUT2D eigenvalue weighted by Crippen LogP contribution is 2.24. The molecule has 0 aliphatic carbocycles. The van der Waals surface area contributed by atoms with Crippen molar-refractivity contribution >= 4 is 5.91 Å². The molecule has 1 aliphatic rings. The van der Waals surface area contributed by atoms with Crippen molar-refractivity contribution in [2.45, 2.75) is 19.9 Å². The summed E-state index contributed by atoms with van der Waals surface area (Å²) in [6.07, 6.45) is 0. The molecule has 1 unspecified atom stereocenters. The number of benzene rings is 2. The lowest BCUT2D eigenvalue weighted by Gasteiger charge is -2.38. The molecular weight excluding hydrogens is 371 g/mol. The van der Waals surface area contributed by atoms with E-state index in [1.54, 1.807) is 31.2 Å². The first-order chi connectivity index (χ1) is 14.0. The van der Waals surface area contributed by atoms with E-state index < -0.39 is 0 Å². The lowest BCUT2D eigenvalue weighted by atomic mass is 10.1. The monoisotopic (exact) mass is 394 g/mol. The number of aromatic nitrogens is 2. The van der Waals surface area contributed by atoms with Crippen LogP contribution in [0.3, 0.4) is 0 Å². The first-order valence-electron chi connectivity index (χ1n) is 9.70. The summed E-state index contributed by atoms with van der Waals surface area (Å²) in [4.78, 5) is 17.1. The Labute approximate surface area is 169 Å². The Kier molecular flexibility index (Phi) is 5.40. The van der Waals surface area contributed by atoms with Crippen LogP contribution in [0.25, 0.3) is 11.5 Å². The quantitative estimate of drug-likeness (QED) is 0.675. The van der Waals surface area contributed by atoms with E-state index in [1.807, 2.05) is 23.1 Å². The van der Waals surface area contributed by atoms with Gasteiger partial charge in [-0.15, -0.1) is 10.2 Å². The van der Waals surface area contributed by atoms with Gasteiger partial charge in [0.2, 0.25) is 11.8 Å². The van der Waals surface area contributed by atoms with E-state index in [1.165, 1.54) is 6.07 Å². The summed E-state index contributed by atoms with van der Waals surface area (Å²) < 4.78 is 19.0. The van der Waals surface area contributed by atoms with Gasteiger partial charge >= 0.3 is 0 Å². The van der Waals surface area contributed by atoms with Gasteiger partial charge in [0.1, 0.15) is 5.82 Å². The number of halogens is 1. The van der Waals surface area contributed by atoms with Crippen LogP contribution in [0.4, 0.5) is 4.39 Å². The van der Waals surface area contributed by atoms with Crippen molar-refractivity contribution in [1.29, 1.82) is 0 Å². The van der Waals surface area contributed by atoms with Gasteiger partial charge in [0.15, 0.2) is 0 Å². The van der Waals surface area contributed by atoms with Crippen LogP contribution < -0.4 is 0 Å². The second-order valence-corrected chi connectivity index (χ2v) is 7.27. The minimum atomic E-state index is -0.223. The van der Waals surface area contributed by atoms with Crippen LogP contribution in [0.1, 0.15) is 34.8 Å². The Morgan fingerprint density at radius 3 is 2.52 bits per heavy atom. The maximum absolute atomic E-state index is 13.5. The first kappa shape index (κ1) is 19.3. The van der Waals surface area contributed by atoms with Gasteiger partial charge in [-0.3, -0.25) is 9.69 Å². The molecule has 0 spiro atoms. The molecule has 1 fully saturated rings. The van der Waals surface area contributed by atoms with Gasteiger partial charge in [-0.2, -0.15) is 0 Å².